The third kappa shape index (κ3) is 17.3. The second-order valence-corrected chi connectivity index (χ2v) is 14.6. The maximum atomic E-state index is 14.7. The number of amides is 6. The van der Waals surface area contributed by atoms with Crippen molar-refractivity contribution < 1.29 is 93.0 Å². The van der Waals surface area contributed by atoms with E-state index in [9.17, 15) is 87.9 Å². The van der Waals surface area contributed by atoms with E-state index in [0.29, 0.717) is 0 Å². The van der Waals surface area contributed by atoms with Gasteiger partial charge in [-0.1, -0.05) is 60.7 Å². The number of ketones is 1. The first-order valence-electron chi connectivity index (χ1n) is 19.3. The SMILES string of the molecule is CC(=O)N[C@@H](CC(=O)O)C(=O)N[C@H](CC(C(=O)O)C(=O)O)C(=O)N[C@H](C(=O)N[C@@H](CCC(=O)O)C(=O)N[C@@H](CC(=O)O)C(=O)N[C@@H](CS)C(=O)C(=O)O)C(c1ccccc1)c1ccccc1. The number of benzene rings is 2. The zero-order valence-electron chi connectivity index (χ0n) is 34.6. The average Bonchev–Trinajstić information content (AvgIpc) is 3.24. The Hall–Kier alpha value is -7.90. The molecule has 356 valence electrons. The molecule has 2 aromatic rings. The van der Waals surface area contributed by atoms with Crippen molar-refractivity contribution in [3.8, 4) is 0 Å². The Morgan fingerprint density at radius 2 is 0.909 bits per heavy atom. The van der Waals surface area contributed by atoms with Gasteiger partial charge < -0.3 is 62.5 Å². The number of carboxylic acid groups (broad SMARTS) is 6. The zero-order valence-corrected chi connectivity index (χ0v) is 35.5. The zero-order chi connectivity index (χ0) is 49.8. The smallest absolute Gasteiger partial charge is 0.374 e. The summed E-state index contributed by atoms with van der Waals surface area (Å²) in [6, 6.07) is 3.23. The van der Waals surface area contributed by atoms with Crippen LogP contribution in [0.5, 0.6) is 0 Å². The van der Waals surface area contributed by atoms with Crippen molar-refractivity contribution in [2.75, 3.05) is 5.75 Å². The molecule has 0 saturated heterocycles. The van der Waals surface area contributed by atoms with E-state index in [1.165, 1.54) is 48.5 Å². The summed E-state index contributed by atoms with van der Waals surface area (Å²) < 4.78 is 0. The van der Waals surface area contributed by atoms with Crippen LogP contribution in [0.3, 0.4) is 0 Å². The lowest BCUT2D eigenvalue weighted by Gasteiger charge is -2.32. The van der Waals surface area contributed by atoms with Gasteiger partial charge in [-0.25, -0.2) is 4.79 Å². The van der Waals surface area contributed by atoms with Crippen LogP contribution in [-0.2, 0) is 62.3 Å². The number of Topliss-reactive ketones (excluding diaryl/α,β-unsaturated/α-hetero) is 1. The van der Waals surface area contributed by atoms with Crippen LogP contribution in [0.25, 0.3) is 0 Å². The molecular weight excluding hydrogens is 901 g/mol. The van der Waals surface area contributed by atoms with Crippen molar-refractivity contribution in [3.05, 3.63) is 71.8 Å². The molecule has 2 rings (SSSR count). The first kappa shape index (κ1) is 54.2. The third-order valence-electron chi connectivity index (χ3n) is 9.32. The lowest BCUT2D eigenvalue weighted by Crippen LogP contribution is -2.61. The van der Waals surface area contributed by atoms with E-state index in [0.717, 1.165) is 6.92 Å². The standard InChI is InChI=1S/C40H46N6O19S/c1-18(47)41-24(15-28(50)51)34(56)43-23(14-21(38(60)61)39(62)63)36(58)46-31(30(19-8-4-2-5-9-19)20-10-6-3-7-11-20)37(59)42-22(12-13-27(48)49)33(55)44-25(16-29(52)53)35(57)45-26(17-66)32(54)40(64)65/h2-11,21-26,30-31,66H,12-17H2,1H3,(H,41,47)(H,42,59)(H,43,56)(H,44,55)(H,45,57)(H,46,58)(H,48,49)(H,50,51)(H,52,53)(H,60,61)(H,62,63)(H,64,65)/t22-,23+,24-,25-,26-,31-/m0/s1. The van der Waals surface area contributed by atoms with Crippen molar-refractivity contribution in [3.63, 3.8) is 0 Å². The molecule has 0 aliphatic rings. The first-order valence-corrected chi connectivity index (χ1v) is 20.0. The molecular formula is C40H46N6O19S. The van der Waals surface area contributed by atoms with Gasteiger partial charge in [0, 0.05) is 31.4 Å². The number of carboxylic acids is 6. The average molecular weight is 947 g/mol. The van der Waals surface area contributed by atoms with E-state index in [2.05, 4.69) is 23.3 Å². The number of hydrogen-bond donors (Lipinski definition) is 13. The summed E-state index contributed by atoms with van der Waals surface area (Å²) in [5, 5.41) is 69.5. The number of carbonyl (C=O) groups excluding carboxylic acids is 7. The normalized spacial score (nSPS) is 13.5. The quantitative estimate of drug-likeness (QED) is 0.0235. The van der Waals surface area contributed by atoms with E-state index in [4.69, 9.17) is 5.11 Å². The summed E-state index contributed by atoms with van der Waals surface area (Å²) in [7, 11) is 0. The van der Waals surface area contributed by atoms with Gasteiger partial charge in [-0.05, 0) is 17.5 Å². The Labute approximate surface area is 378 Å². The van der Waals surface area contributed by atoms with Crippen LogP contribution in [0.4, 0.5) is 0 Å². The summed E-state index contributed by atoms with van der Waals surface area (Å²) in [6.45, 7) is 0.919. The molecule has 0 aromatic heterocycles. The van der Waals surface area contributed by atoms with Gasteiger partial charge in [0.1, 0.15) is 36.3 Å². The number of rotatable bonds is 28. The van der Waals surface area contributed by atoms with Crippen molar-refractivity contribution in [2.45, 2.75) is 81.2 Å². The third-order valence-corrected chi connectivity index (χ3v) is 9.69. The monoisotopic (exact) mass is 946 g/mol. The molecule has 26 heteroatoms. The largest absolute Gasteiger partial charge is 0.481 e. The molecule has 25 nitrogen and oxygen atoms in total. The van der Waals surface area contributed by atoms with Gasteiger partial charge in [0.05, 0.1) is 12.8 Å². The van der Waals surface area contributed by atoms with E-state index in [-0.39, 0.29) is 11.1 Å². The van der Waals surface area contributed by atoms with Crippen LogP contribution in [0, 0.1) is 5.92 Å². The van der Waals surface area contributed by atoms with E-state index in [1.54, 1.807) is 12.1 Å². The minimum Gasteiger partial charge on any atom is -0.481 e. The summed E-state index contributed by atoms with van der Waals surface area (Å²) in [4.78, 5) is 164. The molecule has 12 N–H and O–H groups in total. The van der Waals surface area contributed by atoms with Crippen LogP contribution in [0.15, 0.2) is 60.7 Å². The van der Waals surface area contributed by atoms with Crippen LogP contribution >= 0.6 is 12.6 Å². The molecule has 66 heavy (non-hydrogen) atoms. The number of thiol groups is 1. The fraction of sp³-hybridized carbons (Fsp3) is 0.375. The lowest BCUT2D eigenvalue weighted by molar-refractivity contribution is -0.156. The molecule has 0 aliphatic heterocycles. The van der Waals surface area contributed by atoms with Gasteiger partial charge in [-0.3, -0.25) is 57.5 Å². The first-order chi connectivity index (χ1) is 31.0. The Kier molecular flexibility index (Phi) is 21.4. The van der Waals surface area contributed by atoms with Crippen molar-refractivity contribution in [1.82, 2.24) is 31.9 Å². The molecule has 0 heterocycles. The molecule has 0 spiro atoms. The number of nitrogens with one attached hydrogen (secondary N) is 6. The predicted octanol–water partition coefficient (Wildman–Crippen LogP) is -2.68. The minimum absolute atomic E-state index is 0.269. The molecule has 0 fully saturated rings. The van der Waals surface area contributed by atoms with Gasteiger partial charge in [0.25, 0.3) is 5.78 Å². The Balaban J connectivity index is 2.79. The van der Waals surface area contributed by atoms with Crippen molar-refractivity contribution in [1.29, 1.82) is 0 Å². The number of hydrogen-bond acceptors (Lipinski definition) is 14. The van der Waals surface area contributed by atoms with E-state index in [1.807, 2.05) is 21.3 Å². The summed E-state index contributed by atoms with van der Waals surface area (Å²) in [6.07, 6.45) is -5.15. The highest BCUT2D eigenvalue weighted by Gasteiger charge is 2.40. The molecule has 0 radical (unpaired) electrons. The van der Waals surface area contributed by atoms with Crippen molar-refractivity contribution in [2.24, 2.45) is 5.92 Å². The van der Waals surface area contributed by atoms with Crippen LogP contribution < -0.4 is 31.9 Å². The Bertz CT molecular complexity index is 2110. The van der Waals surface area contributed by atoms with Gasteiger partial charge >= 0.3 is 35.8 Å². The second kappa shape index (κ2) is 26.0. The Morgan fingerprint density at radius 1 is 0.500 bits per heavy atom. The van der Waals surface area contributed by atoms with E-state index >= 15 is 0 Å². The second-order valence-electron chi connectivity index (χ2n) is 14.2. The summed E-state index contributed by atoms with van der Waals surface area (Å²) in [5.41, 5.74) is 0.537. The highest BCUT2D eigenvalue weighted by atomic mass is 32.1. The van der Waals surface area contributed by atoms with Crippen LogP contribution in [-0.4, -0.2) is 150 Å². The molecule has 6 atom stereocenters. The van der Waals surface area contributed by atoms with Crippen molar-refractivity contribution >= 4 is 89.7 Å². The molecule has 2 aromatic carbocycles. The molecule has 6 amide bonds. The maximum Gasteiger partial charge on any atom is 0.374 e. The number of carbonyl (C=O) groups is 13. The number of aliphatic carboxylic acids is 6. The lowest BCUT2D eigenvalue weighted by atomic mass is 9.84. The molecule has 0 bridgehead atoms. The van der Waals surface area contributed by atoms with Crippen LogP contribution in [0.2, 0.25) is 0 Å². The maximum absolute atomic E-state index is 14.7. The molecule has 0 saturated carbocycles. The predicted molar refractivity (Wildman–Crippen MR) is 223 cm³/mol. The topological polar surface area (TPSA) is 415 Å². The summed E-state index contributed by atoms with van der Waals surface area (Å²) in [5.74, 6) is -24.6. The highest BCUT2D eigenvalue weighted by molar-refractivity contribution is 7.80. The van der Waals surface area contributed by atoms with Gasteiger partial charge in [0.15, 0.2) is 5.92 Å². The van der Waals surface area contributed by atoms with Gasteiger partial charge in [0.2, 0.25) is 35.4 Å². The molecule has 0 aliphatic carbocycles. The minimum atomic E-state index is -2.42. The fourth-order valence-corrected chi connectivity index (χ4v) is 6.46. The van der Waals surface area contributed by atoms with Crippen LogP contribution in [0.1, 0.15) is 56.1 Å². The van der Waals surface area contributed by atoms with Gasteiger partial charge in [-0.15, -0.1) is 0 Å². The van der Waals surface area contributed by atoms with Gasteiger partial charge in [-0.2, -0.15) is 12.6 Å². The molecule has 0 unspecified atom stereocenters. The Morgan fingerprint density at radius 3 is 1.32 bits per heavy atom. The van der Waals surface area contributed by atoms with E-state index < -0.39 is 163 Å². The highest BCUT2D eigenvalue weighted by Crippen LogP contribution is 2.29. The summed E-state index contributed by atoms with van der Waals surface area (Å²) >= 11 is 3.81. The fourth-order valence-electron chi connectivity index (χ4n) is 6.20.